The topological polar surface area (TPSA) is 40.7 Å². The van der Waals surface area contributed by atoms with E-state index in [1.54, 1.807) is 6.20 Å². The van der Waals surface area contributed by atoms with Gasteiger partial charge in [0.1, 0.15) is 5.82 Å². The lowest BCUT2D eigenvalue weighted by atomic mass is 10.1. The third-order valence-electron chi connectivity index (χ3n) is 1.75. The molecular formula is C9H15N3. The lowest BCUT2D eigenvalue weighted by Crippen LogP contribution is -2.17. The maximum absolute atomic E-state index is 4.18. The van der Waals surface area contributed by atoms with Gasteiger partial charge >= 0.3 is 0 Å². The summed E-state index contributed by atoms with van der Waals surface area (Å²) < 4.78 is 0. The summed E-state index contributed by atoms with van der Waals surface area (Å²) in [6, 6.07) is 0.262. The van der Waals surface area contributed by atoms with E-state index in [0.29, 0.717) is 0 Å². The van der Waals surface area contributed by atoms with Crippen molar-refractivity contribution in [2.75, 3.05) is 7.05 Å². The van der Waals surface area contributed by atoms with Crippen LogP contribution in [0.5, 0.6) is 0 Å². The second-order valence-corrected chi connectivity index (χ2v) is 2.98. The number of H-pyrrole nitrogens is 1. The van der Waals surface area contributed by atoms with Gasteiger partial charge in [-0.05, 0) is 20.4 Å². The first kappa shape index (κ1) is 9.00. The molecule has 3 heteroatoms. The Kier molecular flexibility index (Phi) is 3.05. The molecule has 1 atom stereocenters. The fourth-order valence-electron chi connectivity index (χ4n) is 1.15. The van der Waals surface area contributed by atoms with Crippen LogP contribution in [0.3, 0.4) is 0 Å². The minimum Gasteiger partial charge on any atom is -0.347 e. The number of nitrogens with one attached hydrogen (secondary N) is 2. The molecule has 0 spiro atoms. The van der Waals surface area contributed by atoms with E-state index in [2.05, 4.69) is 21.9 Å². The summed E-state index contributed by atoms with van der Waals surface area (Å²) in [6.07, 6.45) is 4.51. The molecule has 1 rings (SSSR count). The molecule has 66 valence electrons. The average Bonchev–Trinajstić information content (AvgIpc) is 2.51. The maximum atomic E-state index is 4.18. The molecule has 1 heterocycles. The van der Waals surface area contributed by atoms with Crippen LogP contribution in [0.25, 0.3) is 0 Å². The number of aromatic amines is 1. The van der Waals surface area contributed by atoms with Crippen molar-refractivity contribution in [1.29, 1.82) is 0 Å². The molecule has 0 aliphatic rings. The third kappa shape index (κ3) is 2.20. The van der Waals surface area contributed by atoms with Crippen LogP contribution in [0, 0.1) is 0 Å². The Morgan fingerprint density at radius 2 is 2.58 bits per heavy atom. The van der Waals surface area contributed by atoms with Crippen molar-refractivity contribution in [2.45, 2.75) is 19.4 Å². The van der Waals surface area contributed by atoms with Crippen LogP contribution in [0.15, 0.2) is 24.5 Å². The van der Waals surface area contributed by atoms with Gasteiger partial charge < -0.3 is 10.3 Å². The average molecular weight is 165 g/mol. The standard InChI is InChI=1S/C9H15N3/c1-7(2)6-8(10-3)9-11-4-5-12-9/h4-5,8,10H,1,6H2,2-3H3,(H,11,12). The predicted octanol–water partition coefficient (Wildman–Crippen LogP) is 1.64. The summed E-state index contributed by atoms with van der Waals surface area (Å²) in [6.45, 7) is 5.89. The molecule has 0 saturated carbocycles. The van der Waals surface area contributed by atoms with Gasteiger partial charge in [0.2, 0.25) is 0 Å². The van der Waals surface area contributed by atoms with Crippen LogP contribution >= 0.6 is 0 Å². The van der Waals surface area contributed by atoms with Crippen molar-refractivity contribution in [3.05, 3.63) is 30.4 Å². The lowest BCUT2D eigenvalue weighted by molar-refractivity contribution is 0.561. The molecule has 1 unspecified atom stereocenters. The van der Waals surface area contributed by atoms with Crippen molar-refractivity contribution >= 4 is 0 Å². The number of imidazole rings is 1. The molecule has 0 aliphatic heterocycles. The zero-order valence-corrected chi connectivity index (χ0v) is 7.59. The minimum absolute atomic E-state index is 0.262. The fraction of sp³-hybridized carbons (Fsp3) is 0.444. The molecule has 1 aromatic heterocycles. The maximum Gasteiger partial charge on any atom is 0.123 e. The largest absolute Gasteiger partial charge is 0.347 e. The highest BCUT2D eigenvalue weighted by molar-refractivity contribution is 5.02. The molecule has 0 aromatic carbocycles. The Bertz CT molecular complexity index is 238. The second-order valence-electron chi connectivity index (χ2n) is 2.98. The van der Waals surface area contributed by atoms with E-state index in [1.807, 2.05) is 20.2 Å². The second kappa shape index (κ2) is 4.07. The summed E-state index contributed by atoms with van der Waals surface area (Å²) >= 11 is 0. The third-order valence-corrected chi connectivity index (χ3v) is 1.75. The van der Waals surface area contributed by atoms with Gasteiger partial charge in [0.15, 0.2) is 0 Å². The molecule has 0 fully saturated rings. The summed E-state index contributed by atoms with van der Waals surface area (Å²) in [4.78, 5) is 7.26. The molecule has 3 nitrogen and oxygen atoms in total. The van der Waals surface area contributed by atoms with Crippen LogP contribution in [-0.4, -0.2) is 17.0 Å². The molecule has 12 heavy (non-hydrogen) atoms. The van der Waals surface area contributed by atoms with E-state index in [-0.39, 0.29) is 6.04 Å². The van der Waals surface area contributed by atoms with Gasteiger partial charge in [0.05, 0.1) is 6.04 Å². The molecule has 0 saturated heterocycles. The van der Waals surface area contributed by atoms with Gasteiger partial charge in [-0.2, -0.15) is 0 Å². The zero-order chi connectivity index (χ0) is 8.97. The van der Waals surface area contributed by atoms with Gasteiger partial charge in [-0.3, -0.25) is 0 Å². The van der Waals surface area contributed by atoms with Gasteiger partial charge in [0.25, 0.3) is 0 Å². The van der Waals surface area contributed by atoms with E-state index >= 15 is 0 Å². The highest BCUT2D eigenvalue weighted by Crippen LogP contribution is 2.15. The quantitative estimate of drug-likeness (QED) is 0.666. The number of aromatic nitrogens is 2. The number of hydrogen-bond donors (Lipinski definition) is 2. The summed E-state index contributed by atoms with van der Waals surface area (Å²) in [5.74, 6) is 0.973. The summed E-state index contributed by atoms with van der Waals surface area (Å²) in [5.41, 5.74) is 1.16. The van der Waals surface area contributed by atoms with Crippen molar-refractivity contribution < 1.29 is 0 Å². The fourth-order valence-corrected chi connectivity index (χ4v) is 1.15. The van der Waals surface area contributed by atoms with E-state index in [1.165, 1.54) is 0 Å². The summed E-state index contributed by atoms with van der Waals surface area (Å²) in [5, 5.41) is 3.18. The van der Waals surface area contributed by atoms with Gasteiger partial charge in [-0.15, -0.1) is 6.58 Å². The first-order valence-corrected chi connectivity index (χ1v) is 4.05. The van der Waals surface area contributed by atoms with Crippen LogP contribution in [0.4, 0.5) is 0 Å². The van der Waals surface area contributed by atoms with Crippen molar-refractivity contribution in [2.24, 2.45) is 0 Å². The molecule has 0 bridgehead atoms. The van der Waals surface area contributed by atoms with Crippen LogP contribution in [0.2, 0.25) is 0 Å². The van der Waals surface area contributed by atoms with E-state index in [9.17, 15) is 0 Å². The highest BCUT2D eigenvalue weighted by Gasteiger charge is 2.10. The van der Waals surface area contributed by atoms with Crippen molar-refractivity contribution in [1.82, 2.24) is 15.3 Å². The lowest BCUT2D eigenvalue weighted by Gasteiger charge is -2.12. The minimum atomic E-state index is 0.262. The first-order valence-electron chi connectivity index (χ1n) is 4.05. The zero-order valence-electron chi connectivity index (χ0n) is 7.59. The number of rotatable bonds is 4. The Morgan fingerprint density at radius 1 is 1.83 bits per heavy atom. The van der Waals surface area contributed by atoms with Crippen LogP contribution < -0.4 is 5.32 Å². The SMILES string of the molecule is C=C(C)CC(NC)c1ncc[nH]1. The normalized spacial score (nSPS) is 12.8. The van der Waals surface area contributed by atoms with Gasteiger partial charge in [-0.25, -0.2) is 4.98 Å². The monoisotopic (exact) mass is 165 g/mol. The Morgan fingerprint density at radius 3 is 3.00 bits per heavy atom. The van der Waals surface area contributed by atoms with Crippen LogP contribution in [-0.2, 0) is 0 Å². The Labute approximate surface area is 72.9 Å². The predicted molar refractivity (Wildman–Crippen MR) is 49.8 cm³/mol. The van der Waals surface area contributed by atoms with Crippen LogP contribution in [0.1, 0.15) is 25.2 Å². The first-order chi connectivity index (χ1) is 5.74. The molecule has 1 aromatic rings. The number of hydrogen-bond acceptors (Lipinski definition) is 2. The molecular weight excluding hydrogens is 150 g/mol. The molecule has 2 N–H and O–H groups in total. The van der Waals surface area contributed by atoms with E-state index in [4.69, 9.17) is 0 Å². The van der Waals surface area contributed by atoms with Crippen molar-refractivity contribution in [3.8, 4) is 0 Å². The van der Waals surface area contributed by atoms with Gasteiger partial charge in [-0.1, -0.05) is 5.57 Å². The smallest absolute Gasteiger partial charge is 0.123 e. The summed E-state index contributed by atoms with van der Waals surface area (Å²) in [7, 11) is 1.93. The van der Waals surface area contributed by atoms with E-state index < -0.39 is 0 Å². The molecule has 0 amide bonds. The molecule has 0 aliphatic carbocycles. The Balaban J connectivity index is 2.63. The van der Waals surface area contributed by atoms with Crippen molar-refractivity contribution in [3.63, 3.8) is 0 Å². The molecule has 0 radical (unpaired) electrons. The Hall–Kier alpha value is -1.09. The number of nitrogens with zero attached hydrogens (tertiary/aromatic N) is 1. The van der Waals surface area contributed by atoms with E-state index in [0.717, 1.165) is 17.8 Å². The van der Waals surface area contributed by atoms with Gasteiger partial charge in [0, 0.05) is 12.4 Å². The highest BCUT2D eigenvalue weighted by atomic mass is 15.0.